The number of fused-ring (bicyclic) bond motifs is 1. The first-order valence-corrected chi connectivity index (χ1v) is 10.2. The molecule has 29 heavy (non-hydrogen) atoms. The van der Waals surface area contributed by atoms with Gasteiger partial charge in [0.05, 0.1) is 19.2 Å². The highest BCUT2D eigenvalue weighted by molar-refractivity contribution is 5.92. The number of anilines is 1. The first-order chi connectivity index (χ1) is 13.5. The lowest BCUT2D eigenvalue weighted by molar-refractivity contribution is -0.116. The van der Waals surface area contributed by atoms with Crippen molar-refractivity contribution in [1.29, 1.82) is 0 Å². The standard InChI is InChI=1S/C25H31NO3/c1-17(27)26(16-18-7-9-19(10-8-18)23(28)29-6)20-11-12-21-22(15-20)25(4,5)14-13-24(21,2)3/h7-12,15H,13-14,16H2,1-6H3. The number of nitrogens with zero attached hydrogens (tertiary/aromatic N) is 1. The summed E-state index contributed by atoms with van der Waals surface area (Å²) in [5.41, 5.74) is 5.33. The van der Waals surface area contributed by atoms with Gasteiger partial charge in [-0.05, 0) is 64.6 Å². The number of methoxy groups -OCH3 is 1. The van der Waals surface area contributed by atoms with E-state index in [1.54, 1.807) is 24.0 Å². The second-order valence-electron chi connectivity index (χ2n) is 9.29. The summed E-state index contributed by atoms with van der Waals surface area (Å²) in [6.45, 7) is 11.2. The van der Waals surface area contributed by atoms with E-state index in [-0.39, 0.29) is 22.7 Å². The number of hydrogen-bond acceptors (Lipinski definition) is 3. The van der Waals surface area contributed by atoms with Crippen LogP contribution in [0.3, 0.4) is 0 Å². The Kier molecular flexibility index (Phi) is 5.57. The number of amides is 1. The van der Waals surface area contributed by atoms with Crippen molar-refractivity contribution in [3.05, 3.63) is 64.7 Å². The van der Waals surface area contributed by atoms with Crippen molar-refractivity contribution >= 4 is 17.6 Å². The van der Waals surface area contributed by atoms with Crippen molar-refractivity contribution in [2.45, 2.75) is 64.8 Å². The summed E-state index contributed by atoms with van der Waals surface area (Å²) in [7, 11) is 1.37. The van der Waals surface area contributed by atoms with Crippen molar-refractivity contribution in [1.82, 2.24) is 0 Å². The van der Waals surface area contributed by atoms with E-state index in [9.17, 15) is 9.59 Å². The third-order valence-corrected chi connectivity index (χ3v) is 6.24. The molecule has 2 aromatic rings. The summed E-state index contributed by atoms with van der Waals surface area (Å²) in [4.78, 5) is 25.9. The normalized spacial score (nSPS) is 16.6. The van der Waals surface area contributed by atoms with E-state index in [0.717, 1.165) is 24.1 Å². The van der Waals surface area contributed by atoms with Crippen LogP contribution in [0, 0.1) is 0 Å². The van der Waals surface area contributed by atoms with Crippen LogP contribution in [-0.2, 0) is 26.9 Å². The topological polar surface area (TPSA) is 46.6 Å². The Morgan fingerprint density at radius 1 is 0.931 bits per heavy atom. The van der Waals surface area contributed by atoms with Crippen LogP contribution < -0.4 is 4.90 Å². The van der Waals surface area contributed by atoms with E-state index >= 15 is 0 Å². The van der Waals surface area contributed by atoms with E-state index < -0.39 is 0 Å². The van der Waals surface area contributed by atoms with Crippen molar-refractivity contribution in [2.75, 3.05) is 12.0 Å². The SMILES string of the molecule is COC(=O)c1ccc(CN(C(C)=O)c2ccc3c(c2)C(C)(C)CCC3(C)C)cc1. The predicted octanol–water partition coefficient (Wildman–Crippen LogP) is 5.38. The van der Waals surface area contributed by atoms with Gasteiger partial charge in [-0.1, -0.05) is 45.9 Å². The van der Waals surface area contributed by atoms with Crippen LogP contribution in [0.1, 0.15) is 74.5 Å². The maximum Gasteiger partial charge on any atom is 0.337 e. The van der Waals surface area contributed by atoms with Gasteiger partial charge in [0.1, 0.15) is 0 Å². The van der Waals surface area contributed by atoms with Gasteiger partial charge in [0.2, 0.25) is 5.91 Å². The molecule has 1 aliphatic rings. The lowest BCUT2D eigenvalue weighted by Crippen LogP contribution is -2.35. The zero-order chi connectivity index (χ0) is 21.4. The number of carbonyl (C=O) groups is 2. The highest BCUT2D eigenvalue weighted by atomic mass is 16.5. The largest absolute Gasteiger partial charge is 0.465 e. The van der Waals surface area contributed by atoms with Gasteiger partial charge in [-0.2, -0.15) is 0 Å². The maximum atomic E-state index is 12.5. The Morgan fingerprint density at radius 3 is 2.07 bits per heavy atom. The molecule has 1 amide bonds. The van der Waals surface area contributed by atoms with Gasteiger partial charge in [0.25, 0.3) is 0 Å². The molecule has 0 atom stereocenters. The molecule has 0 radical (unpaired) electrons. The Bertz CT molecular complexity index is 926. The molecule has 0 saturated heterocycles. The molecular formula is C25H31NO3. The fraction of sp³-hybridized carbons (Fsp3) is 0.440. The minimum Gasteiger partial charge on any atom is -0.465 e. The molecule has 0 aromatic heterocycles. The molecule has 4 heteroatoms. The molecule has 0 bridgehead atoms. The molecule has 1 aliphatic carbocycles. The molecular weight excluding hydrogens is 362 g/mol. The molecule has 0 N–H and O–H groups in total. The second kappa shape index (κ2) is 7.66. The van der Waals surface area contributed by atoms with Crippen LogP contribution in [0.5, 0.6) is 0 Å². The highest BCUT2D eigenvalue weighted by Gasteiger charge is 2.37. The summed E-state index contributed by atoms with van der Waals surface area (Å²) in [5.74, 6) is -0.366. The molecule has 3 rings (SSSR count). The highest BCUT2D eigenvalue weighted by Crippen LogP contribution is 2.46. The Hall–Kier alpha value is -2.62. The molecule has 0 fully saturated rings. The van der Waals surface area contributed by atoms with E-state index in [1.807, 2.05) is 12.1 Å². The summed E-state index contributed by atoms with van der Waals surface area (Å²) in [5, 5.41) is 0. The lowest BCUT2D eigenvalue weighted by atomic mass is 9.63. The number of ether oxygens (including phenoxy) is 1. The lowest BCUT2D eigenvalue weighted by Gasteiger charge is -2.42. The summed E-state index contributed by atoms with van der Waals surface area (Å²) in [6, 6.07) is 13.7. The van der Waals surface area contributed by atoms with Crippen LogP contribution in [-0.4, -0.2) is 19.0 Å². The average Bonchev–Trinajstić information content (AvgIpc) is 2.69. The fourth-order valence-electron chi connectivity index (χ4n) is 4.18. The number of benzene rings is 2. The summed E-state index contributed by atoms with van der Waals surface area (Å²) >= 11 is 0. The van der Waals surface area contributed by atoms with Crippen molar-refractivity contribution in [3.63, 3.8) is 0 Å². The average molecular weight is 394 g/mol. The number of rotatable bonds is 4. The van der Waals surface area contributed by atoms with Crippen LogP contribution in [0.4, 0.5) is 5.69 Å². The van der Waals surface area contributed by atoms with Gasteiger partial charge in [-0.25, -0.2) is 4.79 Å². The molecule has 2 aromatic carbocycles. The Labute approximate surface area is 173 Å². The molecule has 4 nitrogen and oxygen atoms in total. The third kappa shape index (κ3) is 4.21. The zero-order valence-corrected chi connectivity index (χ0v) is 18.3. The van der Waals surface area contributed by atoms with E-state index in [0.29, 0.717) is 12.1 Å². The minimum absolute atomic E-state index is 0.00475. The molecule has 0 unspecified atom stereocenters. The van der Waals surface area contributed by atoms with Crippen LogP contribution in [0.2, 0.25) is 0 Å². The predicted molar refractivity (Wildman–Crippen MR) is 116 cm³/mol. The second-order valence-corrected chi connectivity index (χ2v) is 9.29. The first-order valence-electron chi connectivity index (χ1n) is 10.2. The van der Waals surface area contributed by atoms with Gasteiger partial charge in [-0.15, -0.1) is 0 Å². The van der Waals surface area contributed by atoms with Crippen molar-refractivity contribution in [3.8, 4) is 0 Å². The fourth-order valence-corrected chi connectivity index (χ4v) is 4.18. The molecule has 0 heterocycles. The van der Waals surface area contributed by atoms with Gasteiger partial charge in [-0.3, -0.25) is 4.79 Å². The van der Waals surface area contributed by atoms with E-state index in [4.69, 9.17) is 4.74 Å². The Balaban J connectivity index is 1.94. The van der Waals surface area contributed by atoms with Crippen LogP contribution in [0.15, 0.2) is 42.5 Å². The quantitative estimate of drug-likeness (QED) is 0.656. The monoisotopic (exact) mass is 393 g/mol. The number of carbonyl (C=O) groups excluding carboxylic acids is 2. The third-order valence-electron chi connectivity index (χ3n) is 6.24. The van der Waals surface area contributed by atoms with E-state index in [1.165, 1.54) is 18.2 Å². The van der Waals surface area contributed by atoms with Crippen molar-refractivity contribution in [2.24, 2.45) is 0 Å². The van der Waals surface area contributed by atoms with Gasteiger partial charge in [0, 0.05) is 12.6 Å². The number of hydrogen-bond donors (Lipinski definition) is 0. The molecule has 0 aliphatic heterocycles. The molecule has 154 valence electrons. The van der Waals surface area contributed by atoms with Gasteiger partial charge < -0.3 is 9.64 Å². The maximum absolute atomic E-state index is 12.5. The summed E-state index contributed by atoms with van der Waals surface area (Å²) in [6.07, 6.45) is 2.29. The van der Waals surface area contributed by atoms with Gasteiger partial charge in [0.15, 0.2) is 0 Å². The van der Waals surface area contributed by atoms with E-state index in [2.05, 4.69) is 45.9 Å². The van der Waals surface area contributed by atoms with Crippen molar-refractivity contribution < 1.29 is 14.3 Å². The molecule has 0 saturated carbocycles. The minimum atomic E-state index is -0.362. The van der Waals surface area contributed by atoms with Crippen LogP contribution >= 0.6 is 0 Å². The smallest absolute Gasteiger partial charge is 0.337 e. The zero-order valence-electron chi connectivity index (χ0n) is 18.3. The van der Waals surface area contributed by atoms with Gasteiger partial charge >= 0.3 is 5.97 Å². The van der Waals surface area contributed by atoms with Crippen LogP contribution in [0.25, 0.3) is 0 Å². The molecule has 0 spiro atoms. The first kappa shape index (κ1) is 21.1. The number of esters is 1. The Morgan fingerprint density at radius 2 is 1.52 bits per heavy atom. The summed E-state index contributed by atoms with van der Waals surface area (Å²) < 4.78 is 4.75.